The largest absolute Gasteiger partial charge is 0.462 e. The molecule has 0 aromatic carbocycles. The van der Waals surface area contributed by atoms with E-state index in [1.54, 1.807) is 0 Å². The van der Waals surface area contributed by atoms with Gasteiger partial charge in [-0.25, -0.2) is 0 Å². The summed E-state index contributed by atoms with van der Waals surface area (Å²) in [4.78, 5) is 37.5. The fourth-order valence-electron chi connectivity index (χ4n) is 7.16. The summed E-state index contributed by atoms with van der Waals surface area (Å²) < 4.78 is 16.6. The molecule has 0 aliphatic heterocycles. The van der Waals surface area contributed by atoms with Gasteiger partial charge in [-0.2, -0.15) is 0 Å². The Labute approximate surface area is 336 Å². The summed E-state index contributed by atoms with van der Waals surface area (Å²) in [7, 11) is 0. The van der Waals surface area contributed by atoms with Crippen LogP contribution in [0.1, 0.15) is 265 Å². The van der Waals surface area contributed by atoms with E-state index in [9.17, 15) is 14.4 Å². The minimum atomic E-state index is -0.758. The van der Waals surface area contributed by atoms with Crippen molar-refractivity contribution in [2.24, 2.45) is 5.92 Å². The van der Waals surface area contributed by atoms with Gasteiger partial charge in [0.2, 0.25) is 0 Å². The zero-order chi connectivity index (χ0) is 39.6. The van der Waals surface area contributed by atoms with E-state index in [2.05, 4.69) is 27.7 Å². The van der Waals surface area contributed by atoms with Crippen LogP contribution in [0.25, 0.3) is 0 Å². The van der Waals surface area contributed by atoms with Crippen molar-refractivity contribution in [3.63, 3.8) is 0 Å². The molecule has 6 heteroatoms. The van der Waals surface area contributed by atoms with Crippen LogP contribution in [-0.2, 0) is 28.6 Å². The van der Waals surface area contributed by atoms with Crippen LogP contribution in [-0.4, -0.2) is 37.2 Å². The monoisotopic (exact) mass is 765 g/mol. The maximum absolute atomic E-state index is 12.7. The Morgan fingerprint density at radius 1 is 0.352 bits per heavy atom. The molecule has 0 N–H and O–H groups in total. The van der Waals surface area contributed by atoms with Crippen molar-refractivity contribution in [2.75, 3.05) is 13.2 Å². The van der Waals surface area contributed by atoms with Gasteiger partial charge in [-0.3, -0.25) is 14.4 Å². The second kappa shape index (κ2) is 42.6. The quantitative estimate of drug-likeness (QED) is 0.0349. The van der Waals surface area contributed by atoms with Crippen LogP contribution in [0, 0.1) is 5.92 Å². The maximum Gasteiger partial charge on any atom is 0.306 e. The molecule has 0 bridgehead atoms. The van der Waals surface area contributed by atoms with E-state index < -0.39 is 6.10 Å². The van der Waals surface area contributed by atoms with Crippen LogP contribution in [0.3, 0.4) is 0 Å². The van der Waals surface area contributed by atoms with Crippen LogP contribution in [0.15, 0.2) is 0 Å². The molecule has 0 saturated heterocycles. The zero-order valence-corrected chi connectivity index (χ0v) is 36.7. The number of carbonyl (C=O) groups is 3. The maximum atomic E-state index is 12.7. The average molecular weight is 765 g/mol. The van der Waals surface area contributed by atoms with E-state index in [-0.39, 0.29) is 31.1 Å². The van der Waals surface area contributed by atoms with Crippen molar-refractivity contribution >= 4 is 17.9 Å². The molecule has 0 aromatic heterocycles. The Balaban J connectivity index is 4.15. The molecule has 320 valence electrons. The zero-order valence-electron chi connectivity index (χ0n) is 36.7. The van der Waals surface area contributed by atoms with Gasteiger partial charge in [0.15, 0.2) is 6.10 Å². The fraction of sp³-hybridized carbons (Fsp3) is 0.938. The number of hydrogen-bond donors (Lipinski definition) is 0. The molecule has 0 spiro atoms. The van der Waals surface area contributed by atoms with Crippen LogP contribution in [0.5, 0.6) is 0 Å². The van der Waals surface area contributed by atoms with E-state index in [0.29, 0.717) is 19.3 Å². The Morgan fingerprint density at radius 3 is 0.907 bits per heavy atom. The van der Waals surface area contributed by atoms with E-state index >= 15 is 0 Å². The highest BCUT2D eigenvalue weighted by Crippen LogP contribution is 2.17. The molecular formula is C48H92O6. The molecule has 0 heterocycles. The van der Waals surface area contributed by atoms with Crippen LogP contribution in [0.2, 0.25) is 0 Å². The molecule has 0 aliphatic rings. The Bertz CT molecular complexity index is 811. The summed E-state index contributed by atoms with van der Waals surface area (Å²) in [6.45, 7) is 8.93. The van der Waals surface area contributed by atoms with Crippen molar-refractivity contribution < 1.29 is 28.6 Å². The summed E-state index contributed by atoms with van der Waals surface area (Å²) >= 11 is 0. The van der Waals surface area contributed by atoms with Gasteiger partial charge in [0, 0.05) is 19.3 Å². The highest BCUT2D eigenvalue weighted by molar-refractivity contribution is 5.71. The van der Waals surface area contributed by atoms with E-state index in [4.69, 9.17) is 14.2 Å². The lowest BCUT2D eigenvalue weighted by Gasteiger charge is -2.18. The first-order valence-corrected chi connectivity index (χ1v) is 23.9. The second-order valence-corrected chi connectivity index (χ2v) is 16.9. The van der Waals surface area contributed by atoms with E-state index in [0.717, 1.165) is 70.1 Å². The Hall–Kier alpha value is -1.59. The van der Waals surface area contributed by atoms with Gasteiger partial charge >= 0.3 is 17.9 Å². The number of rotatable bonds is 43. The van der Waals surface area contributed by atoms with E-state index in [1.807, 2.05) is 0 Å². The summed E-state index contributed by atoms with van der Waals surface area (Å²) in [5, 5.41) is 0. The SMILES string of the molecule is CCCCCCCCCCCCCCCCCCCC(=O)O[C@@H](COC(=O)CCCCCCC)COC(=O)CCCCCCCCCCCCCC(C)C. The first-order valence-electron chi connectivity index (χ1n) is 23.9. The van der Waals surface area contributed by atoms with Crippen LogP contribution in [0.4, 0.5) is 0 Å². The normalized spacial score (nSPS) is 11.9. The van der Waals surface area contributed by atoms with Crippen molar-refractivity contribution in [3.05, 3.63) is 0 Å². The number of carbonyl (C=O) groups excluding carboxylic acids is 3. The second-order valence-electron chi connectivity index (χ2n) is 16.9. The summed E-state index contributed by atoms with van der Waals surface area (Å²) in [6.07, 6.45) is 42.6. The van der Waals surface area contributed by atoms with Crippen molar-refractivity contribution in [1.29, 1.82) is 0 Å². The lowest BCUT2D eigenvalue weighted by atomic mass is 10.0. The molecule has 1 atom stereocenters. The van der Waals surface area contributed by atoms with E-state index in [1.165, 1.54) is 154 Å². The third-order valence-corrected chi connectivity index (χ3v) is 10.8. The number of esters is 3. The minimum absolute atomic E-state index is 0.0646. The lowest BCUT2D eigenvalue weighted by molar-refractivity contribution is -0.167. The predicted molar refractivity (Wildman–Crippen MR) is 229 cm³/mol. The highest BCUT2D eigenvalue weighted by Gasteiger charge is 2.19. The van der Waals surface area contributed by atoms with Gasteiger partial charge in [0.05, 0.1) is 0 Å². The van der Waals surface area contributed by atoms with Crippen molar-refractivity contribution in [3.8, 4) is 0 Å². The molecule has 0 aliphatic carbocycles. The molecular weight excluding hydrogens is 673 g/mol. The Morgan fingerprint density at radius 2 is 0.611 bits per heavy atom. The summed E-state index contributed by atoms with van der Waals surface area (Å²) in [6, 6.07) is 0. The van der Waals surface area contributed by atoms with Gasteiger partial charge in [0.1, 0.15) is 13.2 Å². The Kier molecular flexibility index (Phi) is 41.3. The van der Waals surface area contributed by atoms with Crippen LogP contribution >= 0.6 is 0 Å². The summed E-state index contributed by atoms with van der Waals surface area (Å²) in [5.74, 6) is -0.0379. The third-order valence-electron chi connectivity index (χ3n) is 10.8. The molecule has 0 fully saturated rings. The first-order chi connectivity index (χ1) is 26.4. The highest BCUT2D eigenvalue weighted by atomic mass is 16.6. The summed E-state index contributed by atoms with van der Waals surface area (Å²) in [5.41, 5.74) is 0. The first kappa shape index (κ1) is 52.4. The van der Waals surface area contributed by atoms with Crippen molar-refractivity contribution in [2.45, 2.75) is 271 Å². The molecule has 6 nitrogen and oxygen atoms in total. The molecule has 0 amide bonds. The smallest absolute Gasteiger partial charge is 0.306 e. The predicted octanol–water partition coefficient (Wildman–Crippen LogP) is 15.1. The molecule has 0 unspecified atom stereocenters. The number of hydrogen-bond acceptors (Lipinski definition) is 6. The van der Waals surface area contributed by atoms with Gasteiger partial charge in [-0.05, 0) is 25.2 Å². The van der Waals surface area contributed by atoms with Crippen molar-refractivity contribution in [1.82, 2.24) is 0 Å². The van der Waals surface area contributed by atoms with Crippen LogP contribution < -0.4 is 0 Å². The number of unbranched alkanes of at least 4 members (excludes halogenated alkanes) is 30. The molecule has 0 saturated carbocycles. The van der Waals surface area contributed by atoms with Gasteiger partial charge in [-0.1, -0.05) is 227 Å². The lowest BCUT2D eigenvalue weighted by Crippen LogP contribution is -2.30. The topological polar surface area (TPSA) is 78.9 Å². The fourth-order valence-corrected chi connectivity index (χ4v) is 7.16. The average Bonchev–Trinajstić information content (AvgIpc) is 3.15. The third kappa shape index (κ3) is 41.6. The van der Waals surface area contributed by atoms with Gasteiger partial charge < -0.3 is 14.2 Å². The molecule has 0 aromatic rings. The molecule has 0 radical (unpaired) electrons. The molecule has 0 rings (SSSR count). The number of ether oxygens (including phenoxy) is 3. The van der Waals surface area contributed by atoms with Gasteiger partial charge in [0.25, 0.3) is 0 Å². The standard InChI is InChI=1S/C48H92O6/c1-5-7-9-11-12-13-14-15-16-17-18-19-22-26-29-33-37-41-48(51)54-45(42-52-46(49)39-35-30-10-8-6-2)43-53-47(50)40-36-32-28-25-23-20-21-24-27-31-34-38-44(3)4/h44-45H,5-43H2,1-4H3/t45-/m0/s1. The molecule has 54 heavy (non-hydrogen) atoms. The minimum Gasteiger partial charge on any atom is -0.462 e. The van der Waals surface area contributed by atoms with Gasteiger partial charge in [-0.15, -0.1) is 0 Å².